The van der Waals surface area contributed by atoms with Crippen molar-refractivity contribution in [3.63, 3.8) is 0 Å². The van der Waals surface area contributed by atoms with Crippen LogP contribution in [0.2, 0.25) is 4.34 Å². The predicted molar refractivity (Wildman–Crippen MR) is 64.7 cm³/mol. The van der Waals surface area contributed by atoms with Crippen molar-refractivity contribution in [1.29, 1.82) is 0 Å². The van der Waals surface area contributed by atoms with E-state index in [1.54, 1.807) is 11.3 Å². The largest absolute Gasteiger partial charge is 0.338 e. The number of amides is 2. The highest BCUT2D eigenvalue weighted by molar-refractivity contribution is 7.16. The van der Waals surface area contributed by atoms with Gasteiger partial charge in [-0.1, -0.05) is 11.6 Å². The third-order valence-electron chi connectivity index (χ3n) is 1.71. The molecule has 1 aromatic rings. The third-order valence-corrected chi connectivity index (χ3v) is 3.00. The van der Waals surface area contributed by atoms with Crippen molar-refractivity contribution in [2.24, 2.45) is 0 Å². The molecule has 0 saturated carbocycles. The van der Waals surface area contributed by atoms with Gasteiger partial charge in [-0.2, -0.15) is 0 Å². The quantitative estimate of drug-likeness (QED) is 0.843. The van der Waals surface area contributed by atoms with Crippen LogP contribution in [0.5, 0.6) is 0 Å². The summed E-state index contributed by atoms with van der Waals surface area (Å²) in [5.74, 6) is 0. The van der Waals surface area contributed by atoms with Gasteiger partial charge in [-0.15, -0.1) is 11.3 Å². The van der Waals surface area contributed by atoms with Crippen LogP contribution in [-0.4, -0.2) is 18.6 Å². The Morgan fingerprint density at radius 2 is 2.27 bits per heavy atom. The summed E-state index contributed by atoms with van der Waals surface area (Å²) in [4.78, 5) is 12.4. The van der Waals surface area contributed by atoms with Crippen LogP contribution in [0.15, 0.2) is 12.1 Å². The fraction of sp³-hybridized carbons (Fsp3) is 0.500. The Balaban J connectivity index is 2.19. The molecule has 15 heavy (non-hydrogen) atoms. The summed E-state index contributed by atoms with van der Waals surface area (Å²) in [6, 6.07) is 3.90. The zero-order valence-electron chi connectivity index (χ0n) is 8.84. The maximum atomic E-state index is 11.2. The molecule has 3 nitrogen and oxygen atoms in total. The maximum Gasteiger partial charge on any atom is 0.314 e. The first-order chi connectivity index (χ1) is 7.08. The molecule has 0 aliphatic heterocycles. The third kappa shape index (κ3) is 5.04. The van der Waals surface area contributed by atoms with Gasteiger partial charge in [-0.05, 0) is 32.4 Å². The number of hydrogen-bond donors (Lipinski definition) is 2. The Bertz CT molecular complexity index is 325. The van der Waals surface area contributed by atoms with E-state index in [2.05, 4.69) is 10.6 Å². The van der Waals surface area contributed by atoms with Gasteiger partial charge < -0.3 is 10.6 Å². The number of rotatable bonds is 4. The lowest BCUT2D eigenvalue weighted by Gasteiger charge is -2.09. The van der Waals surface area contributed by atoms with Gasteiger partial charge in [0.1, 0.15) is 0 Å². The number of thiophene rings is 1. The number of carbonyl (C=O) groups is 1. The molecule has 5 heteroatoms. The van der Waals surface area contributed by atoms with E-state index in [4.69, 9.17) is 11.6 Å². The molecule has 0 bridgehead atoms. The van der Waals surface area contributed by atoms with Crippen LogP contribution in [0.4, 0.5) is 4.79 Å². The minimum Gasteiger partial charge on any atom is -0.338 e. The molecule has 0 aliphatic carbocycles. The molecular formula is C10H15ClN2OS. The highest BCUT2D eigenvalue weighted by atomic mass is 35.5. The summed E-state index contributed by atoms with van der Waals surface area (Å²) in [6.45, 7) is 4.49. The van der Waals surface area contributed by atoms with Crippen molar-refractivity contribution in [2.45, 2.75) is 26.3 Å². The second-order valence-corrected chi connectivity index (χ2v) is 5.31. The zero-order chi connectivity index (χ0) is 11.3. The lowest BCUT2D eigenvalue weighted by atomic mass is 10.3. The molecule has 2 amide bonds. The minimum atomic E-state index is -0.118. The molecule has 0 fully saturated rings. The molecule has 1 rings (SSSR count). The molecule has 2 N–H and O–H groups in total. The Hall–Kier alpha value is -0.740. The van der Waals surface area contributed by atoms with Crippen LogP contribution in [0, 0.1) is 0 Å². The molecule has 0 spiro atoms. The minimum absolute atomic E-state index is 0.118. The highest BCUT2D eigenvalue weighted by Crippen LogP contribution is 2.21. The zero-order valence-corrected chi connectivity index (χ0v) is 10.4. The van der Waals surface area contributed by atoms with E-state index < -0.39 is 0 Å². The second-order valence-electron chi connectivity index (χ2n) is 3.51. The summed E-state index contributed by atoms with van der Waals surface area (Å²) in [5, 5.41) is 5.55. The van der Waals surface area contributed by atoms with Gasteiger partial charge in [0.25, 0.3) is 0 Å². The van der Waals surface area contributed by atoms with Gasteiger partial charge >= 0.3 is 6.03 Å². The van der Waals surface area contributed by atoms with Crippen LogP contribution in [-0.2, 0) is 6.42 Å². The molecule has 0 saturated heterocycles. The molecule has 0 aromatic carbocycles. The van der Waals surface area contributed by atoms with Crippen LogP contribution < -0.4 is 10.6 Å². The Kier molecular flexibility index (Phi) is 4.91. The molecule has 1 aromatic heterocycles. The van der Waals surface area contributed by atoms with Crippen molar-refractivity contribution < 1.29 is 4.79 Å². The van der Waals surface area contributed by atoms with E-state index in [1.807, 2.05) is 26.0 Å². The first kappa shape index (κ1) is 12.3. The van der Waals surface area contributed by atoms with E-state index >= 15 is 0 Å². The maximum absolute atomic E-state index is 11.2. The van der Waals surface area contributed by atoms with Crippen molar-refractivity contribution in [3.05, 3.63) is 21.3 Å². The van der Waals surface area contributed by atoms with E-state index in [-0.39, 0.29) is 12.1 Å². The number of halogens is 1. The molecule has 0 unspecified atom stereocenters. The summed E-state index contributed by atoms with van der Waals surface area (Å²) in [6.07, 6.45) is 0.822. The molecular weight excluding hydrogens is 232 g/mol. The van der Waals surface area contributed by atoms with Crippen LogP contribution in [0.25, 0.3) is 0 Å². The van der Waals surface area contributed by atoms with Gasteiger partial charge in [-0.3, -0.25) is 0 Å². The summed E-state index contributed by atoms with van der Waals surface area (Å²) in [7, 11) is 0. The van der Waals surface area contributed by atoms with E-state index in [0.29, 0.717) is 6.54 Å². The first-order valence-electron chi connectivity index (χ1n) is 4.86. The molecule has 0 aliphatic rings. The highest BCUT2D eigenvalue weighted by Gasteiger charge is 2.02. The average Bonchev–Trinajstić information content (AvgIpc) is 2.50. The fourth-order valence-corrected chi connectivity index (χ4v) is 2.19. The van der Waals surface area contributed by atoms with Crippen LogP contribution in [0.3, 0.4) is 0 Å². The SMILES string of the molecule is CC(C)NC(=O)NCCc1ccc(Cl)s1. The van der Waals surface area contributed by atoms with Crippen molar-refractivity contribution in [3.8, 4) is 0 Å². The van der Waals surface area contributed by atoms with Gasteiger partial charge in [0.05, 0.1) is 4.34 Å². The summed E-state index contributed by atoms with van der Waals surface area (Å²) >= 11 is 7.34. The van der Waals surface area contributed by atoms with Crippen LogP contribution in [0.1, 0.15) is 18.7 Å². The normalized spacial score (nSPS) is 10.4. The number of nitrogens with one attached hydrogen (secondary N) is 2. The van der Waals surface area contributed by atoms with E-state index in [1.165, 1.54) is 4.88 Å². The fourth-order valence-electron chi connectivity index (χ4n) is 1.10. The Morgan fingerprint density at radius 1 is 1.53 bits per heavy atom. The number of urea groups is 1. The molecule has 0 radical (unpaired) electrons. The second kappa shape index (κ2) is 5.98. The van der Waals surface area contributed by atoms with Crippen molar-refractivity contribution in [2.75, 3.05) is 6.54 Å². The van der Waals surface area contributed by atoms with Gasteiger partial charge in [-0.25, -0.2) is 4.79 Å². The van der Waals surface area contributed by atoms with Crippen LogP contribution >= 0.6 is 22.9 Å². The summed E-state index contributed by atoms with van der Waals surface area (Å²) in [5.41, 5.74) is 0. The molecule has 0 atom stereocenters. The molecule has 1 heterocycles. The first-order valence-corrected chi connectivity index (χ1v) is 6.06. The lowest BCUT2D eigenvalue weighted by Crippen LogP contribution is -2.40. The van der Waals surface area contributed by atoms with Gasteiger partial charge in [0.2, 0.25) is 0 Å². The van der Waals surface area contributed by atoms with Crippen molar-refractivity contribution in [1.82, 2.24) is 10.6 Å². The summed E-state index contributed by atoms with van der Waals surface area (Å²) < 4.78 is 0.789. The smallest absolute Gasteiger partial charge is 0.314 e. The lowest BCUT2D eigenvalue weighted by molar-refractivity contribution is 0.238. The van der Waals surface area contributed by atoms with Gasteiger partial charge in [0, 0.05) is 17.5 Å². The standard InChI is InChI=1S/C10H15ClN2OS/c1-7(2)13-10(14)12-6-5-8-3-4-9(11)15-8/h3-4,7H,5-6H2,1-2H3,(H2,12,13,14). The Morgan fingerprint density at radius 3 is 2.80 bits per heavy atom. The topological polar surface area (TPSA) is 41.1 Å². The van der Waals surface area contributed by atoms with Crippen molar-refractivity contribution >= 4 is 29.0 Å². The number of carbonyl (C=O) groups excluding carboxylic acids is 1. The van der Waals surface area contributed by atoms with Gasteiger partial charge in [0.15, 0.2) is 0 Å². The number of hydrogen-bond acceptors (Lipinski definition) is 2. The molecule has 84 valence electrons. The van der Waals surface area contributed by atoms with E-state index in [0.717, 1.165) is 10.8 Å². The monoisotopic (exact) mass is 246 g/mol. The van der Waals surface area contributed by atoms with E-state index in [9.17, 15) is 4.79 Å². The average molecular weight is 247 g/mol. The Labute approximate surface area is 98.8 Å². The predicted octanol–water partition coefficient (Wildman–Crippen LogP) is 2.65.